The maximum atomic E-state index is 12.6. The largest absolute Gasteiger partial charge is 0.462 e. The number of rotatable bonds is 36. The second kappa shape index (κ2) is 34.2. The Balaban J connectivity index is 2.22. The number of carbonyl (C=O) groups excluding carboxylic acids is 2. The van der Waals surface area contributed by atoms with Gasteiger partial charge in [-0.3, -0.25) is 9.59 Å². The first-order chi connectivity index (χ1) is 25.3. The quantitative estimate of drug-likeness (QED) is 0.0363. The molecule has 1 saturated heterocycles. The van der Waals surface area contributed by atoms with Crippen LogP contribution in [0.2, 0.25) is 0 Å². The topological polar surface area (TPSA) is 152 Å². The van der Waals surface area contributed by atoms with Crippen LogP contribution in [0.1, 0.15) is 200 Å². The molecular formula is C42H80O10. The molecule has 0 bridgehead atoms. The summed E-state index contributed by atoms with van der Waals surface area (Å²) in [5, 5.41) is 39.9. The zero-order valence-electron chi connectivity index (χ0n) is 33.3. The van der Waals surface area contributed by atoms with Crippen molar-refractivity contribution in [1.29, 1.82) is 0 Å². The van der Waals surface area contributed by atoms with E-state index in [9.17, 15) is 30.0 Å². The summed E-state index contributed by atoms with van der Waals surface area (Å²) in [6.07, 6.45) is 25.7. The predicted molar refractivity (Wildman–Crippen MR) is 206 cm³/mol. The third-order valence-corrected chi connectivity index (χ3v) is 10.2. The number of ether oxygens (including phenoxy) is 4. The van der Waals surface area contributed by atoms with Gasteiger partial charge in [-0.1, -0.05) is 174 Å². The molecule has 4 N–H and O–H groups in total. The van der Waals surface area contributed by atoms with Crippen LogP contribution >= 0.6 is 0 Å². The van der Waals surface area contributed by atoms with Crippen LogP contribution in [0.25, 0.3) is 0 Å². The Bertz CT molecular complexity index is 825. The first-order valence-corrected chi connectivity index (χ1v) is 21.6. The average Bonchev–Trinajstić information content (AvgIpc) is 3.14. The van der Waals surface area contributed by atoms with Crippen molar-refractivity contribution in [1.82, 2.24) is 0 Å². The van der Waals surface area contributed by atoms with E-state index in [4.69, 9.17) is 18.9 Å². The number of hydrogen-bond acceptors (Lipinski definition) is 10. The molecule has 0 aliphatic carbocycles. The summed E-state index contributed by atoms with van der Waals surface area (Å²) in [5.41, 5.74) is 0. The number of aliphatic hydroxyl groups is 4. The molecule has 1 aliphatic heterocycles. The molecule has 0 aromatic carbocycles. The molecule has 52 heavy (non-hydrogen) atoms. The van der Waals surface area contributed by atoms with Gasteiger partial charge in [-0.2, -0.15) is 0 Å². The lowest BCUT2D eigenvalue weighted by Crippen LogP contribution is -2.59. The third-order valence-electron chi connectivity index (χ3n) is 10.2. The lowest BCUT2D eigenvalue weighted by Gasteiger charge is -2.39. The van der Waals surface area contributed by atoms with Gasteiger partial charge in [-0.05, 0) is 12.8 Å². The third kappa shape index (κ3) is 25.7. The van der Waals surface area contributed by atoms with E-state index in [1.54, 1.807) is 0 Å². The molecule has 0 spiro atoms. The summed E-state index contributed by atoms with van der Waals surface area (Å²) >= 11 is 0. The van der Waals surface area contributed by atoms with E-state index < -0.39 is 49.4 Å². The fourth-order valence-corrected chi connectivity index (χ4v) is 6.78. The van der Waals surface area contributed by atoms with E-state index in [1.807, 2.05) is 0 Å². The van der Waals surface area contributed by atoms with Crippen molar-refractivity contribution >= 4 is 11.9 Å². The van der Waals surface area contributed by atoms with Crippen molar-refractivity contribution in [2.24, 2.45) is 0 Å². The van der Waals surface area contributed by atoms with E-state index in [0.717, 1.165) is 38.5 Å². The van der Waals surface area contributed by atoms with Gasteiger partial charge in [0.15, 0.2) is 12.4 Å². The molecule has 0 amide bonds. The van der Waals surface area contributed by atoms with Crippen molar-refractivity contribution in [3.63, 3.8) is 0 Å². The summed E-state index contributed by atoms with van der Waals surface area (Å²) in [6, 6.07) is 0. The van der Waals surface area contributed by atoms with Gasteiger partial charge in [0.05, 0.1) is 13.2 Å². The minimum Gasteiger partial charge on any atom is -0.462 e. The average molecular weight is 745 g/mol. The van der Waals surface area contributed by atoms with Crippen LogP contribution in [-0.2, 0) is 28.5 Å². The summed E-state index contributed by atoms with van der Waals surface area (Å²) in [5.74, 6) is -0.801. The fraction of sp³-hybridized carbons (Fsp3) is 0.952. The highest BCUT2D eigenvalue weighted by molar-refractivity contribution is 5.70. The maximum Gasteiger partial charge on any atom is 0.306 e. The molecular weight excluding hydrogens is 664 g/mol. The Hall–Kier alpha value is -1.30. The van der Waals surface area contributed by atoms with Gasteiger partial charge in [0.2, 0.25) is 0 Å². The van der Waals surface area contributed by atoms with Gasteiger partial charge in [-0.15, -0.1) is 0 Å². The number of carbonyl (C=O) groups is 2. The van der Waals surface area contributed by atoms with Gasteiger partial charge in [0, 0.05) is 12.8 Å². The second-order valence-electron chi connectivity index (χ2n) is 15.2. The minimum absolute atomic E-state index is 0.210. The molecule has 1 fully saturated rings. The van der Waals surface area contributed by atoms with Gasteiger partial charge in [-0.25, -0.2) is 0 Å². The van der Waals surface area contributed by atoms with Crippen molar-refractivity contribution in [2.45, 2.75) is 237 Å². The number of hydrogen-bond donors (Lipinski definition) is 4. The summed E-state index contributed by atoms with van der Waals surface area (Å²) in [4.78, 5) is 25.1. The van der Waals surface area contributed by atoms with E-state index in [0.29, 0.717) is 6.42 Å². The molecule has 1 heterocycles. The summed E-state index contributed by atoms with van der Waals surface area (Å²) in [6.45, 7) is 3.39. The molecule has 308 valence electrons. The first kappa shape index (κ1) is 48.7. The lowest BCUT2D eigenvalue weighted by atomic mass is 9.99. The smallest absolute Gasteiger partial charge is 0.306 e. The molecule has 0 aromatic heterocycles. The molecule has 1 rings (SSSR count). The van der Waals surface area contributed by atoms with Crippen LogP contribution < -0.4 is 0 Å². The second-order valence-corrected chi connectivity index (χ2v) is 15.2. The lowest BCUT2D eigenvalue weighted by molar-refractivity contribution is -0.305. The SMILES string of the molecule is CCCCCCCCCCCCCCCCCCCCCCC(=O)OC[C@@H](CO[C@H]1O[C@@H](CO)[C@@H](O)C(O)C1O)OC(=O)CCCCCCCCC. The molecule has 0 saturated carbocycles. The van der Waals surface area contributed by atoms with Crippen molar-refractivity contribution < 1.29 is 49.0 Å². The van der Waals surface area contributed by atoms with Crippen molar-refractivity contribution in [3.8, 4) is 0 Å². The van der Waals surface area contributed by atoms with Crippen LogP contribution in [0.5, 0.6) is 0 Å². The number of esters is 2. The molecule has 2 unspecified atom stereocenters. The van der Waals surface area contributed by atoms with Gasteiger partial charge >= 0.3 is 11.9 Å². The van der Waals surface area contributed by atoms with Crippen LogP contribution in [0.3, 0.4) is 0 Å². The Morgan fingerprint density at radius 3 is 1.31 bits per heavy atom. The highest BCUT2D eigenvalue weighted by Crippen LogP contribution is 2.23. The van der Waals surface area contributed by atoms with E-state index in [-0.39, 0.29) is 32.0 Å². The van der Waals surface area contributed by atoms with Crippen molar-refractivity contribution in [3.05, 3.63) is 0 Å². The van der Waals surface area contributed by atoms with Crippen LogP contribution in [-0.4, -0.2) is 89.0 Å². The zero-order chi connectivity index (χ0) is 38.1. The van der Waals surface area contributed by atoms with E-state index in [1.165, 1.54) is 128 Å². The van der Waals surface area contributed by atoms with Crippen molar-refractivity contribution in [2.75, 3.05) is 19.8 Å². The normalized spacial score (nSPS) is 20.9. The summed E-state index contributed by atoms with van der Waals surface area (Å²) in [7, 11) is 0. The standard InChI is InChI=1S/C42H80O10/c1-3-5-7-9-11-12-13-14-15-16-17-18-19-20-21-22-23-25-26-28-30-37(44)49-33-35(51-38(45)31-29-27-24-10-8-6-4-2)34-50-42-41(48)40(47)39(46)36(32-43)52-42/h35-36,39-43,46-48H,3-34H2,1-2H3/t35-,36-,39+,40?,41?,42-/m0/s1. The Morgan fingerprint density at radius 1 is 0.519 bits per heavy atom. The van der Waals surface area contributed by atoms with Crippen LogP contribution in [0.15, 0.2) is 0 Å². The van der Waals surface area contributed by atoms with Gasteiger partial charge in [0.25, 0.3) is 0 Å². The maximum absolute atomic E-state index is 12.6. The van der Waals surface area contributed by atoms with E-state index >= 15 is 0 Å². The predicted octanol–water partition coefficient (Wildman–Crippen LogP) is 8.61. The highest BCUT2D eigenvalue weighted by Gasteiger charge is 2.44. The minimum atomic E-state index is -1.59. The summed E-state index contributed by atoms with van der Waals surface area (Å²) < 4.78 is 22.0. The molecule has 1 aliphatic rings. The Morgan fingerprint density at radius 2 is 0.904 bits per heavy atom. The Kier molecular flexibility index (Phi) is 32.1. The molecule has 10 heteroatoms. The molecule has 0 aromatic rings. The molecule has 10 nitrogen and oxygen atoms in total. The highest BCUT2D eigenvalue weighted by atomic mass is 16.7. The zero-order valence-corrected chi connectivity index (χ0v) is 33.3. The number of unbranched alkanes of at least 4 members (excludes halogenated alkanes) is 25. The van der Waals surface area contributed by atoms with Gasteiger partial charge < -0.3 is 39.4 Å². The number of aliphatic hydroxyl groups excluding tert-OH is 4. The van der Waals surface area contributed by atoms with E-state index in [2.05, 4.69) is 13.8 Å². The van der Waals surface area contributed by atoms with Crippen LogP contribution in [0.4, 0.5) is 0 Å². The van der Waals surface area contributed by atoms with Crippen LogP contribution in [0, 0.1) is 0 Å². The first-order valence-electron chi connectivity index (χ1n) is 21.6. The fourth-order valence-electron chi connectivity index (χ4n) is 6.78. The Labute approximate surface area is 317 Å². The molecule has 0 radical (unpaired) electrons. The monoisotopic (exact) mass is 745 g/mol. The van der Waals surface area contributed by atoms with Gasteiger partial charge in [0.1, 0.15) is 31.0 Å². The molecule has 6 atom stereocenters.